The van der Waals surface area contributed by atoms with E-state index in [0.717, 1.165) is 0 Å². The van der Waals surface area contributed by atoms with E-state index in [1.165, 1.54) is 80.7 Å². The van der Waals surface area contributed by atoms with E-state index in [0.29, 0.717) is 40.9 Å². The van der Waals surface area contributed by atoms with Crippen LogP contribution >= 0.6 is 7.05 Å². The Morgan fingerprint density at radius 3 is 1.49 bits per heavy atom. The Hall–Kier alpha value is -1.59. The first-order chi connectivity index (χ1) is 19.5. The van der Waals surface area contributed by atoms with Crippen molar-refractivity contribution < 1.29 is 0 Å². The van der Waals surface area contributed by atoms with Crippen LogP contribution in [-0.4, -0.2) is 11.3 Å². The number of hydrogen-bond acceptors (Lipinski definition) is 1. The van der Waals surface area contributed by atoms with E-state index in [4.69, 9.17) is 0 Å². The van der Waals surface area contributed by atoms with Crippen molar-refractivity contribution in [2.75, 3.05) is 0 Å². The largest absolute Gasteiger partial charge is 0.313 e. The van der Waals surface area contributed by atoms with E-state index >= 15 is 0 Å². The molecule has 0 heterocycles. The van der Waals surface area contributed by atoms with Gasteiger partial charge in [-0.15, -0.1) is 0 Å². The molecule has 3 saturated carbocycles. The molecule has 4 unspecified atom stereocenters. The minimum absolute atomic E-state index is 0.151. The quantitative estimate of drug-likeness (QED) is 0.349. The molecule has 3 fully saturated rings. The molecule has 0 aromatic heterocycles. The van der Waals surface area contributed by atoms with Crippen molar-refractivity contribution in [1.82, 2.24) is 0 Å². The Labute approximate surface area is 251 Å². The maximum Gasteiger partial charge on any atom is 0.00258 e. The fraction of sp³-hybridized carbons (Fsp3) is 0.641. The van der Waals surface area contributed by atoms with E-state index in [2.05, 4.69) is 102 Å². The summed E-state index contributed by atoms with van der Waals surface area (Å²) in [7, 11) is -2.08. The zero-order valence-corrected chi connectivity index (χ0v) is 27.7. The lowest BCUT2D eigenvalue weighted by atomic mass is 9.74. The Morgan fingerprint density at radius 1 is 0.610 bits per heavy atom. The smallest absolute Gasteiger partial charge is 0.00258 e. The minimum Gasteiger partial charge on any atom is -0.313 e. The number of allylic oxidation sites excluding steroid dienone is 8. The third kappa shape index (κ3) is 5.37. The lowest BCUT2D eigenvalue weighted by Crippen LogP contribution is -2.33. The summed E-state index contributed by atoms with van der Waals surface area (Å²) in [4.78, 5) is 0. The first kappa shape index (κ1) is 29.5. The molecule has 1 N–H and O–H groups in total. The second-order valence-corrected chi connectivity index (χ2v) is 19.7. The van der Waals surface area contributed by atoms with Gasteiger partial charge in [0.1, 0.15) is 0 Å². The van der Waals surface area contributed by atoms with Gasteiger partial charge >= 0.3 is 0 Å². The van der Waals surface area contributed by atoms with Gasteiger partial charge in [0.15, 0.2) is 0 Å². The summed E-state index contributed by atoms with van der Waals surface area (Å²) in [6, 6.07) is 9.58. The van der Waals surface area contributed by atoms with E-state index in [-0.39, 0.29) is 10.8 Å². The third-order valence-corrected chi connectivity index (χ3v) is 16.2. The predicted molar refractivity (Wildman–Crippen MR) is 180 cm³/mol. The molecule has 5 aliphatic rings. The van der Waals surface area contributed by atoms with Gasteiger partial charge in [-0.25, -0.2) is 0 Å². The molecule has 0 amide bonds. The van der Waals surface area contributed by atoms with Crippen LogP contribution in [0.1, 0.15) is 117 Å². The van der Waals surface area contributed by atoms with Crippen molar-refractivity contribution in [3.8, 4) is 0 Å². The summed E-state index contributed by atoms with van der Waals surface area (Å²) in [6.45, 7) is 14.2. The van der Waals surface area contributed by atoms with Crippen LogP contribution in [0, 0.1) is 39.7 Å². The number of hydrogen-bond donors (Lipinski definition) is 1. The lowest BCUT2D eigenvalue weighted by molar-refractivity contribution is 0.433. The van der Waals surface area contributed by atoms with Crippen LogP contribution in [0.5, 0.6) is 0 Å². The molecule has 5 aliphatic carbocycles. The highest BCUT2D eigenvalue weighted by Crippen LogP contribution is 2.65. The summed E-state index contributed by atoms with van der Waals surface area (Å²) >= 11 is 0. The van der Waals surface area contributed by atoms with E-state index in [1.807, 2.05) is 0 Å². The maximum absolute atomic E-state index is 10.7. The molecular formula is C39H56NP. The van der Waals surface area contributed by atoms with Crippen LogP contribution in [0.25, 0.3) is 0 Å². The zero-order chi connectivity index (χ0) is 29.0. The Morgan fingerprint density at radius 2 is 1.05 bits per heavy atom. The highest BCUT2D eigenvalue weighted by Gasteiger charge is 2.51. The Bertz CT molecular complexity index is 1210. The number of nitrogens with one attached hydrogen (secondary N) is 1. The Balaban J connectivity index is 1.53. The molecule has 6 rings (SSSR count). The molecule has 0 bridgehead atoms. The monoisotopic (exact) mass is 569 g/mol. The molecule has 0 spiro atoms. The van der Waals surface area contributed by atoms with Crippen LogP contribution in [0.2, 0.25) is 0 Å². The second-order valence-electron chi connectivity index (χ2n) is 16.2. The molecule has 0 aliphatic heterocycles. The third-order valence-electron chi connectivity index (χ3n) is 11.6. The molecule has 0 saturated heterocycles. The van der Waals surface area contributed by atoms with Gasteiger partial charge in [0.2, 0.25) is 0 Å². The van der Waals surface area contributed by atoms with Gasteiger partial charge < -0.3 is 5.16 Å². The highest BCUT2D eigenvalue weighted by molar-refractivity contribution is 7.74. The molecule has 1 aromatic carbocycles. The lowest BCUT2D eigenvalue weighted by Gasteiger charge is -2.44. The van der Waals surface area contributed by atoms with Crippen molar-refractivity contribution in [1.29, 1.82) is 5.16 Å². The van der Waals surface area contributed by atoms with Gasteiger partial charge in [-0.3, -0.25) is 0 Å². The van der Waals surface area contributed by atoms with Gasteiger partial charge in [0.05, 0.1) is 0 Å². The first-order valence-corrected chi connectivity index (χ1v) is 19.0. The minimum atomic E-state index is -2.08. The van der Waals surface area contributed by atoms with Crippen LogP contribution in [-0.2, 0) is 0 Å². The van der Waals surface area contributed by atoms with E-state index < -0.39 is 7.05 Å². The van der Waals surface area contributed by atoms with Crippen LogP contribution < -0.4 is 5.30 Å². The van der Waals surface area contributed by atoms with E-state index in [9.17, 15) is 5.16 Å². The van der Waals surface area contributed by atoms with Crippen molar-refractivity contribution in [2.45, 2.75) is 123 Å². The number of fused-ring (bicyclic) bond motifs is 3. The van der Waals surface area contributed by atoms with Crippen molar-refractivity contribution >= 4 is 12.4 Å². The van der Waals surface area contributed by atoms with Crippen molar-refractivity contribution in [2.24, 2.45) is 34.5 Å². The maximum atomic E-state index is 10.7. The summed E-state index contributed by atoms with van der Waals surface area (Å²) < 4.78 is 0. The van der Waals surface area contributed by atoms with Gasteiger partial charge in [0.25, 0.3) is 0 Å². The van der Waals surface area contributed by atoms with Gasteiger partial charge in [-0.2, -0.15) is 0 Å². The fourth-order valence-corrected chi connectivity index (χ4v) is 14.1. The molecule has 222 valence electrons. The molecule has 1 nitrogen and oxygen atoms in total. The Kier molecular flexibility index (Phi) is 8.02. The molecule has 0 radical (unpaired) electrons. The summed E-state index contributed by atoms with van der Waals surface area (Å²) in [5, 5.41) is 12.3. The molecule has 2 heteroatoms. The fourth-order valence-electron chi connectivity index (χ4n) is 9.34. The van der Waals surface area contributed by atoms with Crippen LogP contribution in [0.4, 0.5) is 0 Å². The van der Waals surface area contributed by atoms with Gasteiger partial charge in [-0.1, -0.05) is 141 Å². The van der Waals surface area contributed by atoms with Gasteiger partial charge in [0, 0.05) is 7.05 Å². The topological polar surface area (TPSA) is 23.9 Å². The summed E-state index contributed by atoms with van der Waals surface area (Å²) in [6.07, 6.45) is 28.7. The average molecular weight is 570 g/mol. The van der Waals surface area contributed by atoms with Crippen LogP contribution in [0.3, 0.4) is 0 Å². The number of rotatable bonds is 4. The zero-order valence-electron chi connectivity index (χ0n) is 26.8. The summed E-state index contributed by atoms with van der Waals surface area (Å²) in [5.41, 5.74) is 6.06. The molecule has 1 aromatic rings. The SMILES string of the molecule is CC(C)(C)C1=CC2C(C=C1)C1C=CC(C(C)(C)C)=CC1C2c1ccccc1P(=N)(C1CCCCC1)C1CCCCC1. The van der Waals surface area contributed by atoms with Crippen molar-refractivity contribution in [3.63, 3.8) is 0 Å². The predicted octanol–water partition coefficient (Wildman–Crippen LogP) is 11.4. The average Bonchev–Trinajstić information content (AvgIpc) is 3.30. The molecule has 41 heavy (non-hydrogen) atoms. The number of benzene rings is 1. The van der Waals surface area contributed by atoms with E-state index in [1.54, 1.807) is 5.56 Å². The van der Waals surface area contributed by atoms with Gasteiger partial charge in [-0.05, 0) is 99.4 Å². The normalized spacial score (nSPS) is 31.4. The highest BCUT2D eigenvalue weighted by atomic mass is 31.2. The standard InChI is InChI=1S/C39H56NP/c1-38(2,3)27-21-23-31-32-24-22-28(39(4,5)6)26-35(32)37(34(31)25-27)33-19-13-14-20-36(33)41(40,29-15-9-7-10-16-29)30-17-11-8-12-18-30/h13-14,19-26,29-32,34-35,37,40H,7-12,15-18H2,1-6H3. The second kappa shape index (κ2) is 11.2. The summed E-state index contributed by atoms with van der Waals surface area (Å²) in [5.74, 6) is 2.53. The first-order valence-electron chi connectivity index (χ1n) is 17.0. The molecule has 4 atom stereocenters. The molecular weight excluding hydrogens is 513 g/mol. The van der Waals surface area contributed by atoms with Crippen LogP contribution in [0.15, 0.2) is 71.9 Å². The van der Waals surface area contributed by atoms with Crippen molar-refractivity contribution in [3.05, 3.63) is 77.4 Å².